The summed E-state index contributed by atoms with van der Waals surface area (Å²) in [5, 5.41) is 7.01. The maximum Gasteiger partial charge on any atom is 0.191 e. The van der Waals surface area contributed by atoms with Gasteiger partial charge in [-0.05, 0) is 44.9 Å². The summed E-state index contributed by atoms with van der Waals surface area (Å²) < 4.78 is 5.38. The predicted octanol–water partition coefficient (Wildman–Crippen LogP) is 1.84. The van der Waals surface area contributed by atoms with Crippen LogP contribution in [0.2, 0.25) is 0 Å². The SMILES string of the molecule is CCNC(=NCCCN1CCOCC1)NC1CCC(C)CC1. The Morgan fingerprint density at radius 3 is 2.59 bits per heavy atom. The standard InChI is InChI=1S/C17H34N4O/c1-3-18-17(20-16-7-5-15(2)6-8-16)19-9-4-10-21-11-13-22-14-12-21/h15-16H,3-14H2,1-2H3,(H2,18,19,20). The molecule has 0 amide bonds. The average molecular weight is 310 g/mol. The van der Waals surface area contributed by atoms with Crippen LogP contribution in [0.4, 0.5) is 0 Å². The molecule has 0 aromatic heterocycles. The van der Waals surface area contributed by atoms with Crippen molar-refractivity contribution in [1.29, 1.82) is 0 Å². The van der Waals surface area contributed by atoms with E-state index in [1.54, 1.807) is 0 Å². The van der Waals surface area contributed by atoms with E-state index in [1.807, 2.05) is 0 Å². The van der Waals surface area contributed by atoms with Crippen molar-refractivity contribution in [2.75, 3.05) is 45.9 Å². The molecule has 0 aromatic rings. The minimum atomic E-state index is 0.605. The second-order valence-corrected chi connectivity index (χ2v) is 6.67. The molecule has 1 saturated carbocycles. The highest BCUT2D eigenvalue weighted by molar-refractivity contribution is 5.80. The van der Waals surface area contributed by atoms with E-state index >= 15 is 0 Å². The maximum atomic E-state index is 5.38. The number of aliphatic imine (C=N–C) groups is 1. The van der Waals surface area contributed by atoms with Gasteiger partial charge in [0.15, 0.2) is 5.96 Å². The van der Waals surface area contributed by atoms with Gasteiger partial charge in [-0.25, -0.2) is 0 Å². The van der Waals surface area contributed by atoms with Gasteiger partial charge < -0.3 is 15.4 Å². The van der Waals surface area contributed by atoms with Gasteiger partial charge >= 0.3 is 0 Å². The lowest BCUT2D eigenvalue weighted by Crippen LogP contribution is -2.45. The lowest BCUT2D eigenvalue weighted by atomic mass is 9.87. The minimum absolute atomic E-state index is 0.605. The predicted molar refractivity (Wildman–Crippen MR) is 92.4 cm³/mol. The van der Waals surface area contributed by atoms with Crippen LogP contribution in [0.1, 0.15) is 46.0 Å². The lowest BCUT2D eigenvalue weighted by Gasteiger charge is -2.28. The van der Waals surface area contributed by atoms with Crippen LogP contribution in [0.15, 0.2) is 4.99 Å². The molecule has 2 fully saturated rings. The molecule has 1 saturated heterocycles. The largest absolute Gasteiger partial charge is 0.379 e. The zero-order valence-corrected chi connectivity index (χ0v) is 14.4. The third kappa shape index (κ3) is 6.53. The zero-order valence-electron chi connectivity index (χ0n) is 14.4. The second-order valence-electron chi connectivity index (χ2n) is 6.67. The van der Waals surface area contributed by atoms with Crippen LogP contribution in [0.3, 0.4) is 0 Å². The number of nitrogens with one attached hydrogen (secondary N) is 2. The van der Waals surface area contributed by atoms with E-state index in [1.165, 1.54) is 25.7 Å². The van der Waals surface area contributed by atoms with Crippen molar-refractivity contribution in [2.45, 2.75) is 52.0 Å². The van der Waals surface area contributed by atoms with Gasteiger partial charge in [-0.2, -0.15) is 0 Å². The van der Waals surface area contributed by atoms with Crippen LogP contribution in [0.25, 0.3) is 0 Å². The fourth-order valence-corrected chi connectivity index (χ4v) is 3.23. The maximum absolute atomic E-state index is 5.38. The molecule has 1 heterocycles. The second kappa shape index (κ2) is 10.1. The van der Waals surface area contributed by atoms with Gasteiger partial charge in [-0.1, -0.05) is 6.92 Å². The Balaban J connectivity index is 1.67. The Morgan fingerprint density at radius 1 is 1.18 bits per heavy atom. The van der Waals surface area contributed by atoms with Crippen molar-refractivity contribution >= 4 is 5.96 Å². The highest BCUT2D eigenvalue weighted by Gasteiger charge is 2.18. The van der Waals surface area contributed by atoms with Crippen molar-refractivity contribution in [2.24, 2.45) is 10.9 Å². The molecule has 5 heteroatoms. The van der Waals surface area contributed by atoms with Crippen molar-refractivity contribution in [3.63, 3.8) is 0 Å². The summed E-state index contributed by atoms with van der Waals surface area (Å²) in [6.45, 7) is 11.4. The summed E-state index contributed by atoms with van der Waals surface area (Å²) >= 11 is 0. The molecule has 2 N–H and O–H groups in total. The van der Waals surface area contributed by atoms with E-state index in [-0.39, 0.29) is 0 Å². The molecule has 128 valence electrons. The molecule has 0 radical (unpaired) electrons. The van der Waals surface area contributed by atoms with Gasteiger partial charge in [0.25, 0.3) is 0 Å². The Morgan fingerprint density at radius 2 is 1.91 bits per heavy atom. The van der Waals surface area contributed by atoms with E-state index in [0.29, 0.717) is 6.04 Å². The third-order valence-corrected chi connectivity index (χ3v) is 4.71. The van der Waals surface area contributed by atoms with Crippen LogP contribution in [0, 0.1) is 5.92 Å². The van der Waals surface area contributed by atoms with Gasteiger partial charge in [0.1, 0.15) is 0 Å². The summed E-state index contributed by atoms with van der Waals surface area (Å²) in [5.74, 6) is 1.90. The molecule has 0 bridgehead atoms. The van der Waals surface area contributed by atoms with Crippen molar-refractivity contribution in [1.82, 2.24) is 15.5 Å². The van der Waals surface area contributed by atoms with Crippen LogP contribution in [-0.2, 0) is 4.74 Å². The molecular formula is C17H34N4O. The first-order valence-corrected chi connectivity index (χ1v) is 9.13. The third-order valence-electron chi connectivity index (χ3n) is 4.71. The fraction of sp³-hybridized carbons (Fsp3) is 0.941. The highest BCUT2D eigenvalue weighted by Crippen LogP contribution is 2.23. The first kappa shape index (κ1) is 17.5. The topological polar surface area (TPSA) is 48.9 Å². The molecule has 0 unspecified atom stereocenters. The summed E-state index contributed by atoms with van der Waals surface area (Å²) in [7, 11) is 0. The number of ether oxygens (including phenoxy) is 1. The number of rotatable bonds is 6. The normalized spacial score (nSPS) is 27.6. The zero-order chi connectivity index (χ0) is 15.6. The Kier molecular flexibility index (Phi) is 8.02. The Hall–Kier alpha value is -0.810. The Bertz CT molecular complexity index is 321. The highest BCUT2D eigenvalue weighted by atomic mass is 16.5. The molecule has 1 aliphatic carbocycles. The number of morpholine rings is 1. The number of hydrogen-bond donors (Lipinski definition) is 2. The molecule has 0 aromatic carbocycles. The monoisotopic (exact) mass is 310 g/mol. The molecule has 5 nitrogen and oxygen atoms in total. The van der Waals surface area contributed by atoms with E-state index in [9.17, 15) is 0 Å². The van der Waals surface area contributed by atoms with Crippen LogP contribution in [-0.4, -0.2) is 62.8 Å². The fourth-order valence-electron chi connectivity index (χ4n) is 3.23. The number of nitrogens with zero attached hydrogens (tertiary/aromatic N) is 2. The first-order valence-electron chi connectivity index (χ1n) is 9.13. The smallest absolute Gasteiger partial charge is 0.191 e. The van der Waals surface area contributed by atoms with Gasteiger partial charge in [-0.3, -0.25) is 9.89 Å². The van der Waals surface area contributed by atoms with Crippen LogP contribution < -0.4 is 10.6 Å². The van der Waals surface area contributed by atoms with Crippen molar-refractivity contribution in [3.05, 3.63) is 0 Å². The van der Waals surface area contributed by atoms with Gasteiger partial charge in [0.05, 0.1) is 13.2 Å². The first-order chi connectivity index (χ1) is 10.8. The molecule has 0 spiro atoms. The van der Waals surface area contributed by atoms with Gasteiger partial charge in [0, 0.05) is 38.8 Å². The van der Waals surface area contributed by atoms with Gasteiger partial charge in [-0.15, -0.1) is 0 Å². The molecule has 2 rings (SSSR count). The summed E-state index contributed by atoms with van der Waals surface area (Å²) in [6, 6.07) is 0.605. The average Bonchev–Trinajstić information content (AvgIpc) is 2.55. The van der Waals surface area contributed by atoms with Crippen molar-refractivity contribution in [3.8, 4) is 0 Å². The molecular weight excluding hydrogens is 276 g/mol. The molecule has 1 aliphatic heterocycles. The van der Waals surface area contributed by atoms with E-state index in [0.717, 1.165) is 64.2 Å². The molecule has 0 atom stereocenters. The molecule has 22 heavy (non-hydrogen) atoms. The van der Waals surface area contributed by atoms with Crippen LogP contribution >= 0.6 is 0 Å². The quantitative estimate of drug-likeness (QED) is 0.446. The number of guanidine groups is 1. The lowest BCUT2D eigenvalue weighted by molar-refractivity contribution is 0.0377. The number of hydrogen-bond acceptors (Lipinski definition) is 3. The summed E-state index contributed by atoms with van der Waals surface area (Å²) in [4.78, 5) is 7.22. The van der Waals surface area contributed by atoms with E-state index < -0.39 is 0 Å². The minimum Gasteiger partial charge on any atom is -0.379 e. The molecule has 2 aliphatic rings. The van der Waals surface area contributed by atoms with E-state index in [2.05, 4.69) is 29.4 Å². The van der Waals surface area contributed by atoms with Gasteiger partial charge in [0.2, 0.25) is 0 Å². The summed E-state index contributed by atoms with van der Waals surface area (Å²) in [6.07, 6.45) is 6.36. The summed E-state index contributed by atoms with van der Waals surface area (Å²) in [5.41, 5.74) is 0. The van der Waals surface area contributed by atoms with Crippen molar-refractivity contribution < 1.29 is 4.74 Å². The van der Waals surface area contributed by atoms with E-state index in [4.69, 9.17) is 9.73 Å². The van der Waals surface area contributed by atoms with Crippen LogP contribution in [0.5, 0.6) is 0 Å². The Labute approximate surface area is 135 Å².